The van der Waals surface area contributed by atoms with Gasteiger partial charge in [-0.2, -0.15) is 0 Å². The largest absolute Gasteiger partial charge is 0.392 e. The molecule has 1 aliphatic rings. The SMILES string of the molecule is O=C(CNS(=O)(=O)c1ccc(N2CCCC2=O)cc1)Nc1cccc(CO)c1. The van der Waals surface area contributed by atoms with Crippen molar-refractivity contribution in [1.82, 2.24) is 4.72 Å². The van der Waals surface area contributed by atoms with E-state index in [9.17, 15) is 18.0 Å². The lowest BCUT2D eigenvalue weighted by Gasteiger charge is -2.16. The zero-order chi connectivity index (χ0) is 20.1. The lowest BCUT2D eigenvalue weighted by atomic mass is 10.2. The molecule has 2 aromatic carbocycles. The fourth-order valence-electron chi connectivity index (χ4n) is 2.92. The lowest BCUT2D eigenvalue weighted by molar-refractivity contribution is -0.117. The van der Waals surface area contributed by atoms with Gasteiger partial charge in [0.15, 0.2) is 0 Å². The van der Waals surface area contributed by atoms with E-state index in [1.807, 2.05) is 0 Å². The number of benzene rings is 2. The summed E-state index contributed by atoms with van der Waals surface area (Å²) in [6.07, 6.45) is 1.29. The fraction of sp³-hybridized carbons (Fsp3) is 0.263. The van der Waals surface area contributed by atoms with Gasteiger partial charge in [-0.15, -0.1) is 0 Å². The van der Waals surface area contributed by atoms with Crippen LogP contribution in [0.1, 0.15) is 18.4 Å². The van der Waals surface area contributed by atoms with Gasteiger partial charge in [-0.25, -0.2) is 13.1 Å². The van der Waals surface area contributed by atoms with E-state index in [2.05, 4.69) is 10.0 Å². The number of nitrogens with zero attached hydrogens (tertiary/aromatic N) is 1. The average molecular weight is 403 g/mol. The number of anilines is 2. The van der Waals surface area contributed by atoms with Gasteiger partial charge >= 0.3 is 0 Å². The second-order valence-corrected chi connectivity index (χ2v) is 8.14. The predicted molar refractivity (Wildman–Crippen MR) is 104 cm³/mol. The lowest BCUT2D eigenvalue weighted by Crippen LogP contribution is -2.33. The zero-order valence-corrected chi connectivity index (χ0v) is 15.9. The molecule has 8 nitrogen and oxygen atoms in total. The molecule has 1 heterocycles. The molecule has 3 N–H and O–H groups in total. The molecule has 0 aliphatic carbocycles. The minimum atomic E-state index is -3.87. The van der Waals surface area contributed by atoms with Crippen molar-refractivity contribution in [3.63, 3.8) is 0 Å². The molecule has 0 unspecified atom stereocenters. The highest BCUT2D eigenvalue weighted by atomic mass is 32.2. The van der Waals surface area contributed by atoms with Crippen LogP contribution in [-0.2, 0) is 26.2 Å². The standard InChI is InChI=1S/C19H21N3O5S/c23-13-14-3-1-4-15(11-14)21-18(24)12-20-28(26,27)17-8-6-16(7-9-17)22-10-2-5-19(22)25/h1,3-4,6-9,11,20,23H,2,5,10,12-13H2,(H,21,24). The van der Waals surface area contributed by atoms with Gasteiger partial charge in [-0.1, -0.05) is 12.1 Å². The van der Waals surface area contributed by atoms with Crippen LogP contribution in [0.3, 0.4) is 0 Å². The summed E-state index contributed by atoms with van der Waals surface area (Å²) < 4.78 is 27.0. The summed E-state index contributed by atoms with van der Waals surface area (Å²) in [5, 5.41) is 11.7. The Morgan fingerprint density at radius 1 is 1.14 bits per heavy atom. The average Bonchev–Trinajstić information content (AvgIpc) is 3.13. The van der Waals surface area contributed by atoms with Crippen LogP contribution in [0.5, 0.6) is 0 Å². The molecule has 0 saturated carbocycles. The predicted octanol–water partition coefficient (Wildman–Crippen LogP) is 1.22. The zero-order valence-electron chi connectivity index (χ0n) is 15.1. The van der Waals surface area contributed by atoms with Crippen molar-refractivity contribution in [3.8, 4) is 0 Å². The maximum absolute atomic E-state index is 12.4. The number of hydrogen-bond donors (Lipinski definition) is 3. The third-order valence-electron chi connectivity index (χ3n) is 4.35. The van der Waals surface area contributed by atoms with Gasteiger partial charge in [0.2, 0.25) is 21.8 Å². The van der Waals surface area contributed by atoms with Gasteiger partial charge in [0.1, 0.15) is 0 Å². The Morgan fingerprint density at radius 2 is 1.89 bits per heavy atom. The minimum Gasteiger partial charge on any atom is -0.392 e. The van der Waals surface area contributed by atoms with Crippen molar-refractivity contribution in [1.29, 1.82) is 0 Å². The van der Waals surface area contributed by atoms with Gasteiger partial charge < -0.3 is 15.3 Å². The van der Waals surface area contributed by atoms with Gasteiger partial charge in [0.05, 0.1) is 18.0 Å². The number of aliphatic hydroxyl groups excluding tert-OH is 1. The Labute approximate surface area is 163 Å². The van der Waals surface area contributed by atoms with Gasteiger partial charge in [-0.05, 0) is 48.4 Å². The first-order valence-corrected chi connectivity index (χ1v) is 10.3. The molecule has 9 heteroatoms. The molecule has 2 amide bonds. The van der Waals surface area contributed by atoms with Crippen molar-refractivity contribution in [2.24, 2.45) is 0 Å². The van der Waals surface area contributed by atoms with Gasteiger partial charge in [0, 0.05) is 24.3 Å². The number of carbonyl (C=O) groups is 2. The highest BCUT2D eigenvalue weighted by Gasteiger charge is 2.22. The van der Waals surface area contributed by atoms with Crippen LogP contribution >= 0.6 is 0 Å². The second-order valence-electron chi connectivity index (χ2n) is 6.37. The van der Waals surface area contributed by atoms with Gasteiger partial charge in [-0.3, -0.25) is 9.59 Å². The summed E-state index contributed by atoms with van der Waals surface area (Å²) in [6.45, 7) is 0.0360. The van der Waals surface area contributed by atoms with E-state index >= 15 is 0 Å². The van der Waals surface area contributed by atoms with Crippen molar-refractivity contribution >= 4 is 33.2 Å². The fourth-order valence-corrected chi connectivity index (χ4v) is 3.91. The van der Waals surface area contributed by atoms with Crippen LogP contribution in [0.25, 0.3) is 0 Å². The number of carbonyl (C=O) groups excluding carboxylic acids is 2. The van der Waals surface area contributed by atoms with Crippen LogP contribution < -0.4 is 14.9 Å². The number of sulfonamides is 1. The quantitative estimate of drug-likeness (QED) is 0.643. The molecule has 1 saturated heterocycles. The number of nitrogens with one attached hydrogen (secondary N) is 2. The number of aliphatic hydroxyl groups is 1. The Morgan fingerprint density at radius 3 is 2.54 bits per heavy atom. The molecule has 2 aromatic rings. The van der Waals surface area contributed by atoms with E-state index in [0.717, 1.165) is 6.42 Å². The summed E-state index contributed by atoms with van der Waals surface area (Å²) in [5.74, 6) is -0.506. The molecule has 0 atom stereocenters. The maximum Gasteiger partial charge on any atom is 0.241 e. The smallest absolute Gasteiger partial charge is 0.241 e. The number of amides is 2. The molecule has 3 rings (SSSR count). The molecule has 1 fully saturated rings. The molecule has 0 aromatic heterocycles. The van der Waals surface area contributed by atoms with Crippen molar-refractivity contribution < 1.29 is 23.1 Å². The summed E-state index contributed by atoms with van der Waals surface area (Å²) in [7, 11) is -3.87. The second kappa shape index (κ2) is 8.51. The van der Waals surface area contributed by atoms with Crippen LogP contribution in [0.2, 0.25) is 0 Å². The van der Waals surface area contributed by atoms with E-state index < -0.39 is 22.5 Å². The van der Waals surface area contributed by atoms with Gasteiger partial charge in [0.25, 0.3) is 0 Å². The van der Waals surface area contributed by atoms with Crippen molar-refractivity contribution in [2.75, 3.05) is 23.3 Å². The molecular formula is C19H21N3O5S. The molecule has 0 bridgehead atoms. The third kappa shape index (κ3) is 4.75. The Bertz CT molecular complexity index is 973. The van der Waals surface area contributed by atoms with Crippen LogP contribution in [0, 0.1) is 0 Å². The topological polar surface area (TPSA) is 116 Å². The van der Waals surface area contributed by atoms with Crippen molar-refractivity contribution in [2.45, 2.75) is 24.3 Å². The molecule has 0 spiro atoms. The van der Waals surface area contributed by atoms with Crippen LogP contribution in [0.4, 0.5) is 11.4 Å². The summed E-state index contributed by atoms with van der Waals surface area (Å²) in [5.41, 5.74) is 1.76. The van der Waals surface area contributed by atoms with E-state index in [0.29, 0.717) is 29.9 Å². The highest BCUT2D eigenvalue weighted by molar-refractivity contribution is 7.89. The monoisotopic (exact) mass is 403 g/mol. The Balaban J connectivity index is 1.60. The number of hydrogen-bond acceptors (Lipinski definition) is 5. The van der Waals surface area contributed by atoms with E-state index in [1.165, 1.54) is 12.1 Å². The molecule has 28 heavy (non-hydrogen) atoms. The Kier molecular flexibility index (Phi) is 6.08. The molecular weight excluding hydrogens is 382 g/mol. The van der Waals surface area contributed by atoms with Crippen molar-refractivity contribution in [3.05, 3.63) is 54.1 Å². The normalized spacial score (nSPS) is 14.3. The minimum absolute atomic E-state index is 0.0120. The third-order valence-corrected chi connectivity index (χ3v) is 5.77. The van der Waals surface area contributed by atoms with E-state index in [1.54, 1.807) is 41.3 Å². The first-order chi connectivity index (χ1) is 13.4. The Hall–Kier alpha value is -2.75. The van der Waals surface area contributed by atoms with Crippen LogP contribution in [0.15, 0.2) is 53.4 Å². The summed E-state index contributed by atoms with van der Waals surface area (Å²) in [6, 6.07) is 12.6. The first kappa shape index (κ1) is 20.0. The first-order valence-electron chi connectivity index (χ1n) is 8.79. The maximum atomic E-state index is 12.4. The van der Waals surface area contributed by atoms with Crippen LogP contribution in [-0.4, -0.2) is 38.4 Å². The van der Waals surface area contributed by atoms with E-state index in [-0.39, 0.29) is 17.4 Å². The number of rotatable bonds is 7. The summed E-state index contributed by atoms with van der Waals surface area (Å²) >= 11 is 0. The highest BCUT2D eigenvalue weighted by Crippen LogP contribution is 2.22. The molecule has 1 aliphatic heterocycles. The molecule has 148 valence electrons. The van der Waals surface area contributed by atoms with E-state index in [4.69, 9.17) is 5.11 Å². The summed E-state index contributed by atoms with van der Waals surface area (Å²) in [4.78, 5) is 25.4. The molecule has 0 radical (unpaired) electrons.